The number of rotatable bonds is 5. The molecule has 10 heteroatoms. The fourth-order valence-electron chi connectivity index (χ4n) is 3.80. The average molecular weight is 421 g/mol. The number of thiazole rings is 1. The van der Waals surface area contributed by atoms with Gasteiger partial charge in [0, 0.05) is 37.5 Å². The first kappa shape index (κ1) is 19.7. The summed E-state index contributed by atoms with van der Waals surface area (Å²) in [6, 6.07) is 3.30. The van der Waals surface area contributed by atoms with Crippen LogP contribution in [-0.4, -0.2) is 39.7 Å². The Hall–Kier alpha value is -2.59. The number of nitrogens with zero attached hydrogens (tertiary/aromatic N) is 3. The molecule has 1 unspecified atom stereocenters. The number of amides is 1. The van der Waals surface area contributed by atoms with Crippen molar-refractivity contribution in [2.24, 2.45) is 12.8 Å². The molecule has 7 nitrogen and oxygen atoms in total. The Balaban J connectivity index is 1.89. The van der Waals surface area contributed by atoms with Crippen LogP contribution < -0.4 is 15.8 Å². The van der Waals surface area contributed by atoms with Crippen molar-refractivity contribution in [2.45, 2.75) is 31.8 Å². The Labute approximate surface area is 169 Å². The standard InChI is InChI=1S/C19H21F2N5O2S/c1-10-14(29-9-24-10)8-28-13-4-3-12-16(17(18(22)27)26(2)25-12)15(13)11-7-23-6-5-19(11,20)21/h3-4,9,11,23H,5-8H2,1-2H3,(H2,22,27). The summed E-state index contributed by atoms with van der Waals surface area (Å²) in [5.74, 6) is -4.55. The minimum atomic E-state index is -2.96. The second-order valence-corrected chi connectivity index (χ2v) is 8.06. The van der Waals surface area contributed by atoms with Crippen LogP contribution in [0, 0.1) is 6.92 Å². The van der Waals surface area contributed by atoms with Crippen LogP contribution >= 0.6 is 11.3 Å². The van der Waals surface area contributed by atoms with Crippen molar-refractivity contribution in [2.75, 3.05) is 13.1 Å². The molecule has 1 amide bonds. The van der Waals surface area contributed by atoms with E-state index in [0.717, 1.165) is 10.6 Å². The maximum atomic E-state index is 14.9. The van der Waals surface area contributed by atoms with Crippen LogP contribution in [0.5, 0.6) is 5.75 Å². The summed E-state index contributed by atoms with van der Waals surface area (Å²) in [7, 11) is 1.57. The van der Waals surface area contributed by atoms with Gasteiger partial charge in [0.05, 0.1) is 27.5 Å². The molecule has 1 aromatic carbocycles. The summed E-state index contributed by atoms with van der Waals surface area (Å²) in [6.07, 6.45) is -0.298. The van der Waals surface area contributed by atoms with Gasteiger partial charge in [0.2, 0.25) is 0 Å². The Kier molecular flexibility index (Phi) is 4.99. The third-order valence-corrected chi connectivity index (χ3v) is 6.19. The van der Waals surface area contributed by atoms with E-state index in [1.54, 1.807) is 24.7 Å². The van der Waals surface area contributed by atoms with Gasteiger partial charge < -0.3 is 15.8 Å². The fraction of sp³-hybridized carbons (Fsp3) is 0.421. The molecule has 1 saturated heterocycles. The Bertz CT molecular complexity index is 1080. The van der Waals surface area contributed by atoms with Gasteiger partial charge in [-0.15, -0.1) is 11.3 Å². The van der Waals surface area contributed by atoms with Crippen molar-refractivity contribution in [3.05, 3.63) is 39.5 Å². The molecular weight excluding hydrogens is 400 g/mol. The number of primary amides is 1. The number of ether oxygens (including phenoxy) is 1. The number of piperidine rings is 1. The molecule has 4 rings (SSSR count). The lowest BCUT2D eigenvalue weighted by molar-refractivity contribution is -0.0482. The third-order valence-electron chi connectivity index (χ3n) is 5.28. The van der Waals surface area contributed by atoms with Gasteiger partial charge in [0.1, 0.15) is 18.1 Å². The number of carbonyl (C=O) groups excluding carboxylic acids is 1. The molecular formula is C19H21F2N5O2S. The van der Waals surface area contributed by atoms with Gasteiger partial charge in [0.25, 0.3) is 11.8 Å². The average Bonchev–Trinajstić information content (AvgIpc) is 3.21. The molecule has 0 saturated carbocycles. The number of nitrogens with one attached hydrogen (secondary N) is 1. The zero-order chi connectivity index (χ0) is 20.8. The first-order chi connectivity index (χ1) is 13.8. The Morgan fingerprint density at radius 2 is 2.28 bits per heavy atom. The van der Waals surface area contributed by atoms with Crippen molar-refractivity contribution in [3.8, 4) is 5.75 Å². The number of nitrogens with two attached hydrogens (primary N) is 1. The topological polar surface area (TPSA) is 95.1 Å². The zero-order valence-corrected chi connectivity index (χ0v) is 16.9. The van der Waals surface area contributed by atoms with Crippen molar-refractivity contribution in [1.29, 1.82) is 0 Å². The molecule has 2 aromatic heterocycles. The molecule has 1 aliphatic heterocycles. The molecule has 3 aromatic rings. The van der Waals surface area contributed by atoms with Crippen LogP contribution in [-0.2, 0) is 13.7 Å². The van der Waals surface area contributed by atoms with E-state index in [2.05, 4.69) is 15.4 Å². The number of halogens is 2. The van der Waals surface area contributed by atoms with Gasteiger partial charge in [-0.2, -0.15) is 5.10 Å². The first-order valence-electron chi connectivity index (χ1n) is 9.19. The normalized spacial score (nSPS) is 18.8. The number of hydrogen-bond donors (Lipinski definition) is 2. The highest BCUT2D eigenvalue weighted by molar-refractivity contribution is 7.09. The molecule has 29 heavy (non-hydrogen) atoms. The summed E-state index contributed by atoms with van der Waals surface area (Å²) < 4.78 is 37.2. The number of benzene rings is 1. The van der Waals surface area contributed by atoms with Gasteiger partial charge in [-0.25, -0.2) is 13.8 Å². The van der Waals surface area contributed by atoms with Crippen molar-refractivity contribution in [3.63, 3.8) is 0 Å². The van der Waals surface area contributed by atoms with Gasteiger partial charge in [0.15, 0.2) is 0 Å². The summed E-state index contributed by atoms with van der Waals surface area (Å²) in [6.45, 7) is 2.36. The molecule has 3 N–H and O–H groups in total. The molecule has 1 atom stereocenters. The summed E-state index contributed by atoms with van der Waals surface area (Å²) >= 11 is 1.44. The van der Waals surface area contributed by atoms with Gasteiger partial charge >= 0.3 is 0 Å². The summed E-state index contributed by atoms with van der Waals surface area (Å²) in [5.41, 5.74) is 8.90. The van der Waals surface area contributed by atoms with Crippen LogP contribution in [0.4, 0.5) is 8.78 Å². The lowest BCUT2D eigenvalue weighted by Gasteiger charge is -2.33. The van der Waals surface area contributed by atoms with E-state index in [0.29, 0.717) is 16.7 Å². The SMILES string of the molecule is Cc1ncsc1COc1ccc2nn(C)c(C(N)=O)c2c1C1CNCCC1(F)F. The van der Waals surface area contributed by atoms with E-state index in [1.165, 1.54) is 16.0 Å². The quantitative estimate of drug-likeness (QED) is 0.661. The van der Waals surface area contributed by atoms with E-state index < -0.39 is 17.7 Å². The number of aryl methyl sites for hydroxylation is 2. The van der Waals surface area contributed by atoms with Crippen LogP contribution in [0.15, 0.2) is 17.6 Å². The lowest BCUT2D eigenvalue weighted by Crippen LogP contribution is -2.43. The molecule has 0 radical (unpaired) electrons. The number of carbonyl (C=O) groups is 1. The third kappa shape index (κ3) is 3.46. The van der Waals surface area contributed by atoms with E-state index >= 15 is 0 Å². The van der Waals surface area contributed by atoms with E-state index in [4.69, 9.17) is 10.5 Å². The zero-order valence-electron chi connectivity index (χ0n) is 16.0. The largest absolute Gasteiger partial charge is 0.488 e. The van der Waals surface area contributed by atoms with Gasteiger partial charge in [-0.3, -0.25) is 9.48 Å². The molecule has 1 fully saturated rings. The van der Waals surface area contributed by atoms with E-state index in [9.17, 15) is 13.6 Å². The molecule has 0 spiro atoms. The highest BCUT2D eigenvalue weighted by atomic mass is 32.1. The van der Waals surface area contributed by atoms with Crippen LogP contribution in [0.25, 0.3) is 10.9 Å². The minimum Gasteiger partial charge on any atom is -0.488 e. The van der Waals surface area contributed by atoms with Gasteiger partial charge in [-0.05, 0) is 19.1 Å². The monoisotopic (exact) mass is 421 g/mol. The van der Waals surface area contributed by atoms with Crippen LogP contribution in [0.3, 0.4) is 0 Å². The molecule has 154 valence electrons. The second kappa shape index (κ2) is 7.34. The number of aromatic nitrogens is 3. The molecule has 0 bridgehead atoms. The predicted molar refractivity (Wildman–Crippen MR) is 106 cm³/mol. The van der Waals surface area contributed by atoms with Crippen molar-refractivity contribution < 1.29 is 18.3 Å². The molecule has 3 heterocycles. The van der Waals surface area contributed by atoms with Crippen molar-refractivity contribution in [1.82, 2.24) is 20.1 Å². The minimum absolute atomic E-state index is 0.0646. The summed E-state index contributed by atoms with van der Waals surface area (Å²) in [4.78, 5) is 17.2. The highest BCUT2D eigenvalue weighted by Gasteiger charge is 2.45. The fourth-order valence-corrected chi connectivity index (χ4v) is 4.48. The maximum Gasteiger partial charge on any atom is 0.267 e. The predicted octanol–water partition coefficient (Wildman–Crippen LogP) is 2.73. The Morgan fingerprint density at radius 3 is 2.93 bits per heavy atom. The smallest absolute Gasteiger partial charge is 0.267 e. The first-order valence-corrected chi connectivity index (χ1v) is 10.1. The second-order valence-electron chi connectivity index (χ2n) is 7.13. The Morgan fingerprint density at radius 1 is 1.48 bits per heavy atom. The summed E-state index contributed by atoms with van der Waals surface area (Å²) in [5, 5.41) is 7.64. The highest BCUT2D eigenvalue weighted by Crippen LogP contribution is 2.45. The lowest BCUT2D eigenvalue weighted by atomic mass is 9.85. The molecule has 1 aliphatic rings. The van der Waals surface area contributed by atoms with Gasteiger partial charge in [-0.1, -0.05) is 0 Å². The van der Waals surface area contributed by atoms with Crippen LogP contribution in [0.1, 0.15) is 39.0 Å². The van der Waals surface area contributed by atoms with E-state index in [-0.39, 0.29) is 37.4 Å². The van der Waals surface area contributed by atoms with E-state index in [1.807, 2.05) is 6.92 Å². The number of hydrogen-bond acceptors (Lipinski definition) is 6. The number of fused-ring (bicyclic) bond motifs is 1. The maximum absolute atomic E-state index is 14.9. The van der Waals surface area contributed by atoms with Crippen LogP contribution in [0.2, 0.25) is 0 Å². The number of alkyl halides is 2. The molecule has 0 aliphatic carbocycles. The van der Waals surface area contributed by atoms with Crippen molar-refractivity contribution >= 4 is 28.1 Å².